The van der Waals surface area contributed by atoms with Crippen LogP contribution in [0, 0.1) is 5.92 Å². The summed E-state index contributed by atoms with van der Waals surface area (Å²) in [4.78, 5) is 4.11. The Morgan fingerprint density at radius 3 is 2.79 bits per heavy atom. The molecule has 0 amide bonds. The van der Waals surface area contributed by atoms with Crippen LogP contribution in [0.15, 0.2) is 24.5 Å². The van der Waals surface area contributed by atoms with E-state index in [2.05, 4.69) is 37.1 Å². The highest BCUT2D eigenvalue weighted by Crippen LogP contribution is 2.10. The minimum absolute atomic E-state index is 0.401. The zero-order chi connectivity index (χ0) is 10.4. The fourth-order valence-electron chi connectivity index (χ4n) is 1.27. The molecule has 0 radical (unpaired) electrons. The maximum atomic E-state index is 4.11. The highest BCUT2D eigenvalue weighted by Gasteiger charge is 2.05. The molecule has 2 heteroatoms. The lowest BCUT2D eigenvalue weighted by molar-refractivity contribution is 0.460. The number of rotatable bonds is 5. The van der Waals surface area contributed by atoms with Gasteiger partial charge in [0.15, 0.2) is 0 Å². The molecule has 0 unspecified atom stereocenters. The van der Waals surface area contributed by atoms with Crippen LogP contribution in [0.4, 0.5) is 0 Å². The number of aromatic nitrogens is 1. The molecule has 0 saturated heterocycles. The van der Waals surface area contributed by atoms with E-state index in [0.717, 1.165) is 12.5 Å². The Balaban J connectivity index is 2.39. The molecule has 78 valence electrons. The molecule has 0 aliphatic carbocycles. The molecular weight excluding hydrogens is 172 g/mol. The second-order valence-corrected chi connectivity index (χ2v) is 3.93. The molecule has 0 spiro atoms. The van der Waals surface area contributed by atoms with Crippen LogP contribution in [0.3, 0.4) is 0 Å². The van der Waals surface area contributed by atoms with Crippen molar-refractivity contribution in [3.63, 3.8) is 0 Å². The van der Waals surface area contributed by atoms with Crippen molar-refractivity contribution < 1.29 is 0 Å². The lowest BCUT2D eigenvalue weighted by atomic mass is 10.1. The Morgan fingerprint density at radius 2 is 2.21 bits per heavy atom. The van der Waals surface area contributed by atoms with Crippen LogP contribution in [-0.4, -0.2) is 11.5 Å². The minimum atomic E-state index is 0.401. The van der Waals surface area contributed by atoms with Crippen LogP contribution in [0.2, 0.25) is 0 Å². The smallest absolute Gasteiger partial charge is 0.0315 e. The molecule has 2 atom stereocenters. The first-order valence-corrected chi connectivity index (χ1v) is 5.37. The Labute approximate surface area is 86.8 Å². The first-order valence-electron chi connectivity index (χ1n) is 5.37. The fraction of sp³-hybridized carbons (Fsp3) is 0.583. The van der Waals surface area contributed by atoms with Gasteiger partial charge in [-0.3, -0.25) is 4.98 Å². The number of nitrogens with zero attached hydrogens (tertiary/aromatic N) is 1. The summed E-state index contributed by atoms with van der Waals surface area (Å²) in [6, 6.07) is 4.50. The van der Waals surface area contributed by atoms with E-state index in [1.165, 1.54) is 12.0 Å². The molecule has 1 heterocycles. The third kappa shape index (κ3) is 3.46. The quantitative estimate of drug-likeness (QED) is 0.776. The number of hydrogen-bond donors (Lipinski definition) is 1. The number of nitrogens with one attached hydrogen (secondary N) is 1. The Kier molecular flexibility index (Phi) is 4.60. The molecule has 0 aliphatic rings. The standard InChI is InChI=1S/C12H20N2/c1-4-10(2)8-14-11(3)12-6-5-7-13-9-12/h5-7,9-11,14H,4,8H2,1-3H3/t10-,11-/m1/s1. The van der Waals surface area contributed by atoms with E-state index < -0.39 is 0 Å². The zero-order valence-electron chi connectivity index (χ0n) is 9.33. The highest BCUT2D eigenvalue weighted by molar-refractivity contribution is 5.12. The third-order valence-corrected chi connectivity index (χ3v) is 2.65. The van der Waals surface area contributed by atoms with E-state index in [9.17, 15) is 0 Å². The van der Waals surface area contributed by atoms with Crippen LogP contribution < -0.4 is 5.32 Å². The van der Waals surface area contributed by atoms with Crippen molar-refractivity contribution >= 4 is 0 Å². The summed E-state index contributed by atoms with van der Waals surface area (Å²) < 4.78 is 0. The highest BCUT2D eigenvalue weighted by atomic mass is 14.9. The van der Waals surface area contributed by atoms with Crippen molar-refractivity contribution in [3.8, 4) is 0 Å². The van der Waals surface area contributed by atoms with Gasteiger partial charge in [0, 0.05) is 18.4 Å². The number of hydrogen-bond acceptors (Lipinski definition) is 2. The average molecular weight is 192 g/mol. The van der Waals surface area contributed by atoms with Gasteiger partial charge >= 0.3 is 0 Å². The maximum absolute atomic E-state index is 4.11. The van der Waals surface area contributed by atoms with Gasteiger partial charge in [0.2, 0.25) is 0 Å². The van der Waals surface area contributed by atoms with Crippen molar-refractivity contribution in [2.24, 2.45) is 5.92 Å². The van der Waals surface area contributed by atoms with Crippen molar-refractivity contribution in [1.82, 2.24) is 10.3 Å². The van der Waals surface area contributed by atoms with Crippen LogP contribution in [-0.2, 0) is 0 Å². The van der Waals surface area contributed by atoms with Crippen molar-refractivity contribution in [1.29, 1.82) is 0 Å². The monoisotopic (exact) mass is 192 g/mol. The van der Waals surface area contributed by atoms with Gasteiger partial charge in [0.1, 0.15) is 0 Å². The van der Waals surface area contributed by atoms with Crippen LogP contribution >= 0.6 is 0 Å². The molecule has 1 rings (SSSR count). The SMILES string of the molecule is CC[C@@H](C)CN[C@H](C)c1cccnc1. The van der Waals surface area contributed by atoms with E-state index in [-0.39, 0.29) is 0 Å². The molecule has 0 aromatic carbocycles. The Hall–Kier alpha value is -0.890. The molecule has 2 nitrogen and oxygen atoms in total. The second-order valence-electron chi connectivity index (χ2n) is 3.93. The van der Waals surface area contributed by atoms with Crippen LogP contribution in [0.5, 0.6) is 0 Å². The van der Waals surface area contributed by atoms with Crippen molar-refractivity contribution in [2.45, 2.75) is 33.2 Å². The fourth-order valence-corrected chi connectivity index (χ4v) is 1.27. The van der Waals surface area contributed by atoms with Crippen molar-refractivity contribution in [2.75, 3.05) is 6.54 Å². The maximum Gasteiger partial charge on any atom is 0.0315 e. The topological polar surface area (TPSA) is 24.9 Å². The summed E-state index contributed by atoms with van der Waals surface area (Å²) in [5, 5.41) is 3.51. The normalized spacial score (nSPS) is 15.1. The summed E-state index contributed by atoms with van der Waals surface area (Å²) in [5.74, 6) is 0.745. The van der Waals surface area contributed by atoms with Gasteiger partial charge in [-0.15, -0.1) is 0 Å². The predicted octanol–water partition coefficient (Wildman–Crippen LogP) is 2.78. The molecule has 0 bridgehead atoms. The van der Waals surface area contributed by atoms with E-state index in [1.807, 2.05) is 18.5 Å². The average Bonchev–Trinajstić information content (AvgIpc) is 2.26. The van der Waals surface area contributed by atoms with E-state index >= 15 is 0 Å². The molecular formula is C12H20N2. The first kappa shape index (κ1) is 11.2. The zero-order valence-corrected chi connectivity index (χ0v) is 9.33. The van der Waals surface area contributed by atoms with Crippen molar-refractivity contribution in [3.05, 3.63) is 30.1 Å². The Morgan fingerprint density at radius 1 is 1.43 bits per heavy atom. The van der Waals surface area contributed by atoms with Gasteiger partial charge in [-0.1, -0.05) is 26.3 Å². The summed E-state index contributed by atoms with van der Waals surface area (Å²) in [6.45, 7) is 7.75. The van der Waals surface area contributed by atoms with Gasteiger partial charge in [-0.2, -0.15) is 0 Å². The summed E-state index contributed by atoms with van der Waals surface area (Å²) >= 11 is 0. The van der Waals surface area contributed by atoms with Gasteiger partial charge in [0.25, 0.3) is 0 Å². The Bertz CT molecular complexity index is 246. The van der Waals surface area contributed by atoms with E-state index in [1.54, 1.807) is 0 Å². The largest absolute Gasteiger partial charge is 0.310 e. The summed E-state index contributed by atoms with van der Waals surface area (Å²) in [7, 11) is 0. The molecule has 1 aromatic heterocycles. The lowest BCUT2D eigenvalue weighted by Gasteiger charge is -2.16. The van der Waals surface area contributed by atoms with Gasteiger partial charge in [0.05, 0.1) is 0 Å². The molecule has 0 aliphatic heterocycles. The predicted molar refractivity (Wildman–Crippen MR) is 60.1 cm³/mol. The lowest BCUT2D eigenvalue weighted by Crippen LogP contribution is -2.24. The first-order chi connectivity index (χ1) is 6.74. The van der Waals surface area contributed by atoms with Gasteiger partial charge < -0.3 is 5.32 Å². The molecule has 1 N–H and O–H groups in total. The number of pyridine rings is 1. The summed E-state index contributed by atoms with van der Waals surface area (Å²) in [6.07, 6.45) is 4.96. The molecule has 0 fully saturated rings. The third-order valence-electron chi connectivity index (χ3n) is 2.65. The molecule has 14 heavy (non-hydrogen) atoms. The minimum Gasteiger partial charge on any atom is -0.310 e. The molecule has 1 aromatic rings. The van der Waals surface area contributed by atoms with Gasteiger partial charge in [-0.05, 0) is 31.0 Å². The van der Waals surface area contributed by atoms with Crippen LogP contribution in [0.1, 0.15) is 38.8 Å². The molecule has 0 saturated carbocycles. The van der Waals surface area contributed by atoms with Crippen LogP contribution in [0.25, 0.3) is 0 Å². The van der Waals surface area contributed by atoms with Gasteiger partial charge in [-0.25, -0.2) is 0 Å². The van der Waals surface area contributed by atoms with E-state index in [4.69, 9.17) is 0 Å². The summed E-state index contributed by atoms with van der Waals surface area (Å²) in [5.41, 5.74) is 1.26. The second kappa shape index (κ2) is 5.76. The van der Waals surface area contributed by atoms with E-state index in [0.29, 0.717) is 6.04 Å².